The molecule has 4 rings (SSSR count). The Morgan fingerprint density at radius 2 is 1.74 bits per heavy atom. The molecule has 4 aromatic rings. The number of hydrogen-bond donors (Lipinski definition) is 1. The third-order valence-electron chi connectivity index (χ3n) is 5.01. The lowest BCUT2D eigenvalue weighted by Crippen LogP contribution is -2.13. The summed E-state index contributed by atoms with van der Waals surface area (Å²) in [7, 11) is -2.90. The van der Waals surface area contributed by atoms with Gasteiger partial charge in [-0.1, -0.05) is 42.2 Å². The molecule has 8 heteroatoms. The Kier molecular flexibility index (Phi) is 6.90. The minimum absolute atomic E-state index is 0.178. The average Bonchev–Trinajstić information content (AvgIpc) is 3.30. The van der Waals surface area contributed by atoms with Gasteiger partial charge in [-0.05, 0) is 43.3 Å². The second-order valence-electron chi connectivity index (χ2n) is 7.66. The molecule has 2 aromatic carbocycles. The van der Waals surface area contributed by atoms with Gasteiger partial charge in [0.15, 0.2) is 5.76 Å². The van der Waals surface area contributed by atoms with Gasteiger partial charge in [0.05, 0.1) is 27.2 Å². The molecule has 0 fully saturated rings. The number of aromatic nitrogens is 1. The molecular weight excluding hydrogens is 462 g/mol. The predicted molar refractivity (Wildman–Crippen MR) is 134 cm³/mol. The van der Waals surface area contributed by atoms with Crippen molar-refractivity contribution in [2.75, 3.05) is 11.6 Å². The van der Waals surface area contributed by atoms with Gasteiger partial charge in [0.2, 0.25) is 0 Å². The summed E-state index contributed by atoms with van der Waals surface area (Å²) < 4.78 is 22.1. The highest BCUT2D eigenvalue weighted by Crippen LogP contribution is 2.18. The van der Waals surface area contributed by atoms with Crippen LogP contribution in [0.5, 0.6) is 0 Å². The van der Waals surface area contributed by atoms with Crippen LogP contribution in [0.3, 0.4) is 0 Å². The number of furan rings is 1. The number of amides is 2. The van der Waals surface area contributed by atoms with Crippen molar-refractivity contribution in [1.82, 2.24) is 4.98 Å². The van der Waals surface area contributed by atoms with E-state index in [1.807, 2.05) is 0 Å². The maximum absolute atomic E-state index is 12.9. The summed E-state index contributed by atoms with van der Waals surface area (Å²) >= 11 is 0. The van der Waals surface area contributed by atoms with Crippen molar-refractivity contribution in [1.29, 1.82) is 0 Å². The van der Waals surface area contributed by atoms with Crippen LogP contribution >= 0.6 is 0 Å². The van der Waals surface area contributed by atoms with Gasteiger partial charge in [-0.3, -0.25) is 14.6 Å². The summed E-state index contributed by atoms with van der Waals surface area (Å²) in [6.07, 6.45) is 5.75. The Morgan fingerprint density at radius 3 is 2.49 bits per heavy atom. The number of nitrogens with zero attached hydrogens (tertiary/aromatic N) is 2. The Morgan fingerprint density at radius 1 is 1.00 bits per heavy atom. The second-order valence-corrected chi connectivity index (χ2v) is 9.92. The van der Waals surface area contributed by atoms with Crippen LogP contribution in [-0.4, -0.2) is 27.3 Å². The highest BCUT2D eigenvalue weighted by molar-refractivity contribution is 7.93. The Labute approximate surface area is 203 Å². The van der Waals surface area contributed by atoms with Crippen molar-refractivity contribution in [2.45, 2.75) is 11.8 Å². The molecule has 0 saturated heterocycles. The van der Waals surface area contributed by atoms with Gasteiger partial charge in [-0.2, -0.15) is 4.36 Å². The molecule has 2 aromatic heterocycles. The summed E-state index contributed by atoms with van der Waals surface area (Å²) in [4.78, 5) is 29.8. The van der Waals surface area contributed by atoms with Gasteiger partial charge >= 0.3 is 0 Å². The van der Waals surface area contributed by atoms with Crippen molar-refractivity contribution < 1.29 is 18.2 Å². The Hall–Kier alpha value is -4.48. The van der Waals surface area contributed by atoms with Crippen molar-refractivity contribution in [3.8, 4) is 11.8 Å². The number of carbonyl (C=O) groups is 2. The highest BCUT2D eigenvalue weighted by Gasteiger charge is 2.14. The second kappa shape index (κ2) is 10.2. The van der Waals surface area contributed by atoms with Gasteiger partial charge < -0.3 is 9.73 Å². The lowest BCUT2D eigenvalue weighted by molar-refractivity contribution is 0.0991. The highest BCUT2D eigenvalue weighted by atomic mass is 32.2. The molecule has 174 valence electrons. The fourth-order valence-corrected chi connectivity index (χ4v) is 4.38. The minimum atomic E-state index is -2.90. The molecular formula is C27H21N3O4S. The zero-order valence-corrected chi connectivity index (χ0v) is 19.8. The first-order valence-corrected chi connectivity index (χ1v) is 12.5. The van der Waals surface area contributed by atoms with Crippen LogP contribution in [0.1, 0.15) is 37.6 Å². The van der Waals surface area contributed by atoms with Crippen molar-refractivity contribution in [3.63, 3.8) is 0 Å². The van der Waals surface area contributed by atoms with Crippen molar-refractivity contribution in [2.24, 2.45) is 4.36 Å². The Bertz CT molecular complexity index is 1590. The third kappa shape index (κ3) is 5.72. The summed E-state index contributed by atoms with van der Waals surface area (Å²) in [5, 5.41) is 2.81. The molecule has 0 aliphatic heterocycles. The predicted octanol–water partition coefficient (Wildman–Crippen LogP) is 4.93. The number of pyridine rings is 1. The molecule has 0 spiro atoms. The minimum Gasteiger partial charge on any atom is -0.459 e. The van der Waals surface area contributed by atoms with Gasteiger partial charge in [-0.25, -0.2) is 4.21 Å². The van der Waals surface area contributed by atoms with E-state index < -0.39 is 15.6 Å². The lowest BCUT2D eigenvalue weighted by Gasteiger charge is -2.06. The maximum atomic E-state index is 12.9. The fraction of sp³-hybridized carbons (Fsp3) is 0.0741. The average molecular weight is 484 g/mol. The van der Waals surface area contributed by atoms with Gasteiger partial charge in [0, 0.05) is 40.2 Å². The van der Waals surface area contributed by atoms with E-state index in [9.17, 15) is 13.8 Å². The monoisotopic (exact) mass is 483 g/mol. The molecule has 0 radical (unpaired) electrons. The SMILES string of the molecule is Cc1ccoc1C(=O)Nc1ccccc1C#Cc1cncc(C(=O)N=S(C)(=O)c2ccccc2)c1. The van der Waals surface area contributed by atoms with E-state index in [1.54, 1.807) is 73.7 Å². The molecule has 2 amide bonds. The van der Waals surface area contributed by atoms with E-state index in [2.05, 4.69) is 26.5 Å². The molecule has 0 bridgehead atoms. The van der Waals surface area contributed by atoms with Crippen LogP contribution in [0.15, 0.2) is 99.1 Å². The topological polar surface area (TPSA) is 102 Å². The quantitative estimate of drug-likeness (QED) is 0.415. The van der Waals surface area contributed by atoms with Crippen LogP contribution < -0.4 is 5.32 Å². The standard InChI is InChI=1S/C27H21N3O4S/c1-19-14-15-34-25(19)27(32)29-24-11-7-6-8-21(24)13-12-20-16-22(18-28-17-20)26(31)30-35(2,33)23-9-4-3-5-10-23/h3-11,14-18H,1-2H3,(H,29,32). The first-order chi connectivity index (χ1) is 16.8. The van der Waals surface area contributed by atoms with E-state index in [-0.39, 0.29) is 17.2 Å². The lowest BCUT2D eigenvalue weighted by atomic mass is 10.1. The molecule has 0 saturated carbocycles. The van der Waals surface area contributed by atoms with Crippen LogP contribution in [0.4, 0.5) is 5.69 Å². The van der Waals surface area contributed by atoms with Crippen LogP contribution in [0.25, 0.3) is 0 Å². The molecule has 0 aliphatic carbocycles. The first kappa shape index (κ1) is 23.7. The third-order valence-corrected chi connectivity index (χ3v) is 6.67. The van der Waals surface area contributed by atoms with Gasteiger partial charge in [-0.15, -0.1) is 0 Å². The molecule has 0 aliphatic rings. The molecule has 1 N–H and O–H groups in total. The zero-order valence-electron chi connectivity index (χ0n) is 19.0. The van der Waals surface area contributed by atoms with Crippen LogP contribution in [0.2, 0.25) is 0 Å². The number of benzene rings is 2. The zero-order chi connectivity index (χ0) is 24.8. The van der Waals surface area contributed by atoms with Crippen LogP contribution in [0, 0.1) is 18.8 Å². The molecule has 1 atom stereocenters. The summed E-state index contributed by atoms with van der Waals surface area (Å²) in [6, 6.07) is 19.0. The summed E-state index contributed by atoms with van der Waals surface area (Å²) in [5.74, 6) is 5.18. The number of rotatable bonds is 4. The van der Waals surface area contributed by atoms with Gasteiger partial charge in [0.25, 0.3) is 11.8 Å². The Balaban J connectivity index is 1.58. The van der Waals surface area contributed by atoms with Crippen molar-refractivity contribution >= 4 is 27.2 Å². The number of para-hydroxylation sites is 1. The number of carbonyl (C=O) groups excluding carboxylic acids is 2. The van der Waals surface area contributed by atoms with Crippen molar-refractivity contribution in [3.05, 3.63) is 113 Å². The van der Waals surface area contributed by atoms with E-state index in [0.29, 0.717) is 21.7 Å². The van der Waals surface area contributed by atoms with E-state index in [4.69, 9.17) is 4.42 Å². The first-order valence-electron chi connectivity index (χ1n) is 10.6. The number of anilines is 1. The largest absolute Gasteiger partial charge is 0.459 e. The van der Waals surface area contributed by atoms with E-state index in [0.717, 1.165) is 5.56 Å². The van der Waals surface area contributed by atoms with Gasteiger partial charge in [0.1, 0.15) is 0 Å². The number of hydrogen-bond acceptors (Lipinski definition) is 5. The summed E-state index contributed by atoms with van der Waals surface area (Å²) in [6.45, 7) is 1.79. The molecule has 1 unspecified atom stereocenters. The van der Waals surface area contributed by atoms with E-state index in [1.165, 1.54) is 24.9 Å². The normalized spacial score (nSPS) is 12.1. The molecule has 2 heterocycles. The van der Waals surface area contributed by atoms with Crippen LogP contribution in [-0.2, 0) is 9.73 Å². The fourth-order valence-electron chi connectivity index (χ4n) is 3.19. The van der Waals surface area contributed by atoms with E-state index >= 15 is 0 Å². The number of nitrogens with one attached hydrogen (secondary N) is 1. The smallest absolute Gasteiger partial charge is 0.291 e. The number of aryl methyl sites for hydroxylation is 1. The molecule has 7 nitrogen and oxygen atoms in total. The summed E-state index contributed by atoms with van der Waals surface area (Å²) in [5.41, 5.74) is 2.47. The molecule has 35 heavy (non-hydrogen) atoms. The maximum Gasteiger partial charge on any atom is 0.291 e.